The number of fused-ring (bicyclic) bond motifs is 7. The minimum absolute atomic E-state index is 0.0615. The van der Waals surface area contributed by atoms with Gasteiger partial charge in [0.05, 0.1) is 5.56 Å². The van der Waals surface area contributed by atoms with Crippen molar-refractivity contribution in [1.29, 1.82) is 0 Å². The number of aliphatic hydroxyl groups is 1. The van der Waals surface area contributed by atoms with Crippen LogP contribution in [0.5, 0.6) is 0 Å². The molecule has 1 aromatic carbocycles. The van der Waals surface area contributed by atoms with Gasteiger partial charge in [0.2, 0.25) is 0 Å². The van der Waals surface area contributed by atoms with E-state index in [9.17, 15) is 15.0 Å². The first-order valence-electron chi connectivity index (χ1n) is 16.7. The lowest BCUT2D eigenvalue weighted by Crippen LogP contribution is -2.66. The molecule has 2 N–H and O–H groups in total. The van der Waals surface area contributed by atoms with E-state index in [1.165, 1.54) is 68.9 Å². The highest BCUT2D eigenvalue weighted by atomic mass is 35.5. The number of carboxylic acid groups (broad SMARTS) is 1. The van der Waals surface area contributed by atoms with Gasteiger partial charge in [0.1, 0.15) is 0 Å². The average Bonchev–Trinajstić information content (AvgIpc) is 3.33. The maximum absolute atomic E-state index is 11.6. The number of halogens is 1. The lowest BCUT2D eigenvalue weighted by Gasteiger charge is -2.73. The summed E-state index contributed by atoms with van der Waals surface area (Å²) in [4.78, 5) is 11.6. The molecule has 4 saturated carbocycles. The van der Waals surface area contributed by atoms with Crippen molar-refractivity contribution in [3.05, 3.63) is 52.6 Å². The van der Waals surface area contributed by atoms with E-state index in [0.717, 1.165) is 12.0 Å². The van der Waals surface area contributed by atoms with Crippen LogP contribution < -0.4 is 0 Å². The predicted molar refractivity (Wildman–Crippen MR) is 172 cm³/mol. The third kappa shape index (κ3) is 3.84. The van der Waals surface area contributed by atoms with Gasteiger partial charge in [-0.2, -0.15) is 0 Å². The Morgan fingerprint density at radius 1 is 1.02 bits per heavy atom. The summed E-state index contributed by atoms with van der Waals surface area (Å²) in [5.74, 6) is 2.06. The van der Waals surface area contributed by atoms with Crippen molar-refractivity contribution in [2.24, 2.45) is 56.7 Å². The minimum atomic E-state index is -0.939. The third-order valence-corrected chi connectivity index (χ3v) is 15.2. The molecule has 4 fully saturated rings. The van der Waals surface area contributed by atoms with Crippen LogP contribution in [0.4, 0.5) is 0 Å². The summed E-state index contributed by atoms with van der Waals surface area (Å²) in [7, 11) is 0. The van der Waals surface area contributed by atoms with Gasteiger partial charge in [-0.25, -0.2) is 4.79 Å². The molecule has 230 valence electrons. The van der Waals surface area contributed by atoms with Gasteiger partial charge < -0.3 is 10.2 Å². The fourth-order valence-corrected chi connectivity index (χ4v) is 13.4. The molecule has 5 aliphatic carbocycles. The van der Waals surface area contributed by atoms with Crippen LogP contribution in [0.15, 0.2) is 36.4 Å². The number of aromatic carboxylic acids is 1. The number of aliphatic hydroxyl groups excluding tert-OH is 1. The highest BCUT2D eigenvalue weighted by Gasteiger charge is 2.71. The highest BCUT2D eigenvalue weighted by Crippen LogP contribution is 2.78. The second-order valence-electron chi connectivity index (χ2n) is 16.3. The SMILES string of the molecule is C=C(C)C1CCC2(CO)CCC3(CC)C(CCC4C5(C)CC=C(c6ccc(C(=O)O)cc6Cl)C(C)(C)C5CCC43C)C12. The molecule has 42 heavy (non-hydrogen) atoms. The van der Waals surface area contributed by atoms with E-state index in [2.05, 4.69) is 54.2 Å². The molecule has 3 nitrogen and oxygen atoms in total. The van der Waals surface area contributed by atoms with Crippen molar-refractivity contribution in [2.75, 3.05) is 6.61 Å². The molecule has 0 radical (unpaired) electrons. The largest absolute Gasteiger partial charge is 0.478 e. The number of carboxylic acids is 1. The number of benzene rings is 1. The summed E-state index contributed by atoms with van der Waals surface area (Å²) >= 11 is 6.76. The Hall–Kier alpha value is -1.58. The lowest BCUT2D eigenvalue weighted by atomic mass is 9.31. The lowest BCUT2D eigenvalue weighted by molar-refractivity contribution is -0.236. The van der Waals surface area contributed by atoms with Crippen LogP contribution in [0.1, 0.15) is 122 Å². The summed E-state index contributed by atoms with van der Waals surface area (Å²) < 4.78 is 0. The Labute approximate surface area is 259 Å². The zero-order valence-electron chi connectivity index (χ0n) is 26.9. The van der Waals surface area contributed by atoms with Crippen LogP contribution >= 0.6 is 11.6 Å². The van der Waals surface area contributed by atoms with Crippen molar-refractivity contribution in [3.8, 4) is 0 Å². The third-order valence-electron chi connectivity index (χ3n) is 14.9. The fourth-order valence-electron chi connectivity index (χ4n) is 13.1. The van der Waals surface area contributed by atoms with Crippen molar-refractivity contribution in [3.63, 3.8) is 0 Å². The molecule has 0 heterocycles. The van der Waals surface area contributed by atoms with E-state index < -0.39 is 5.97 Å². The van der Waals surface area contributed by atoms with Gasteiger partial charge in [0.15, 0.2) is 0 Å². The maximum Gasteiger partial charge on any atom is 0.335 e. The van der Waals surface area contributed by atoms with E-state index >= 15 is 0 Å². The van der Waals surface area contributed by atoms with Crippen LogP contribution in [-0.2, 0) is 0 Å². The van der Waals surface area contributed by atoms with Crippen molar-refractivity contribution < 1.29 is 15.0 Å². The van der Waals surface area contributed by atoms with Gasteiger partial charge in [0, 0.05) is 11.6 Å². The molecule has 4 heteroatoms. The zero-order valence-corrected chi connectivity index (χ0v) is 27.6. The first kappa shape index (κ1) is 30.4. The summed E-state index contributed by atoms with van der Waals surface area (Å²) in [6, 6.07) is 5.25. The Bertz CT molecular complexity index is 1330. The van der Waals surface area contributed by atoms with Crippen molar-refractivity contribution in [2.45, 2.75) is 106 Å². The first-order chi connectivity index (χ1) is 19.7. The summed E-state index contributed by atoms with van der Waals surface area (Å²) in [6.45, 7) is 19.7. The monoisotopic (exact) mass is 592 g/mol. The van der Waals surface area contributed by atoms with Gasteiger partial charge in [-0.3, -0.25) is 0 Å². The molecule has 6 rings (SSSR count). The van der Waals surface area contributed by atoms with Gasteiger partial charge in [-0.15, -0.1) is 0 Å². The van der Waals surface area contributed by atoms with Gasteiger partial charge in [-0.05, 0) is 151 Å². The molecule has 9 unspecified atom stereocenters. The van der Waals surface area contributed by atoms with Crippen molar-refractivity contribution in [1.82, 2.24) is 0 Å². The van der Waals surface area contributed by atoms with Crippen molar-refractivity contribution >= 4 is 23.1 Å². The van der Waals surface area contributed by atoms with E-state index in [1.807, 2.05) is 6.07 Å². The molecule has 9 atom stereocenters. The summed E-state index contributed by atoms with van der Waals surface area (Å²) in [5.41, 5.74) is 4.70. The highest BCUT2D eigenvalue weighted by molar-refractivity contribution is 6.32. The van der Waals surface area contributed by atoms with Crippen LogP contribution in [0.3, 0.4) is 0 Å². The summed E-state index contributed by atoms with van der Waals surface area (Å²) in [5, 5.41) is 20.9. The van der Waals surface area contributed by atoms with Crippen LogP contribution in [0.25, 0.3) is 5.57 Å². The zero-order chi connectivity index (χ0) is 30.5. The molecule has 5 aliphatic rings. The van der Waals surface area contributed by atoms with E-state index in [0.29, 0.717) is 46.6 Å². The van der Waals surface area contributed by atoms with E-state index in [4.69, 9.17) is 11.6 Å². The number of carbonyl (C=O) groups is 1. The second kappa shape index (κ2) is 9.96. The maximum atomic E-state index is 11.6. The number of rotatable bonds is 5. The first-order valence-corrected chi connectivity index (χ1v) is 17.1. The fraction of sp³-hybridized carbons (Fsp3) is 0.711. The Balaban J connectivity index is 1.40. The molecule has 1 aromatic rings. The molecular formula is C38H53ClO3. The topological polar surface area (TPSA) is 57.5 Å². The van der Waals surface area contributed by atoms with E-state index in [-0.39, 0.29) is 27.2 Å². The van der Waals surface area contributed by atoms with Gasteiger partial charge in [0.25, 0.3) is 0 Å². The van der Waals surface area contributed by atoms with Gasteiger partial charge >= 0.3 is 5.97 Å². The average molecular weight is 593 g/mol. The van der Waals surface area contributed by atoms with Crippen LogP contribution in [-0.4, -0.2) is 22.8 Å². The number of allylic oxidation sites excluding steroid dienone is 3. The quantitative estimate of drug-likeness (QED) is 0.334. The normalized spacial score (nSPS) is 43.8. The molecule has 0 aliphatic heterocycles. The molecule has 0 amide bonds. The predicted octanol–water partition coefficient (Wildman–Crippen LogP) is 10.1. The Morgan fingerprint density at radius 2 is 1.76 bits per heavy atom. The number of hydrogen-bond donors (Lipinski definition) is 2. The smallest absolute Gasteiger partial charge is 0.335 e. The summed E-state index contributed by atoms with van der Waals surface area (Å²) in [6.07, 6.45) is 14.6. The molecule has 0 saturated heterocycles. The van der Waals surface area contributed by atoms with E-state index in [1.54, 1.807) is 12.1 Å². The molecule has 0 bridgehead atoms. The molecular weight excluding hydrogens is 540 g/mol. The molecule has 0 aromatic heterocycles. The number of hydrogen-bond acceptors (Lipinski definition) is 2. The molecule has 0 spiro atoms. The Morgan fingerprint density at radius 3 is 2.38 bits per heavy atom. The minimum Gasteiger partial charge on any atom is -0.478 e. The van der Waals surface area contributed by atoms with Crippen LogP contribution in [0.2, 0.25) is 5.02 Å². The Kier molecular flexibility index (Phi) is 7.22. The van der Waals surface area contributed by atoms with Gasteiger partial charge in [-0.1, -0.05) is 70.5 Å². The standard InChI is InChI=1S/C38H53ClO3/c1-8-38-20-19-37(22-40)18-13-25(23(2)3)32(37)28(38)11-12-31-35(6)16-14-27(26-10-9-24(33(41)42)21-29(26)39)34(4,5)30(35)15-17-36(31,38)7/h9-10,14,21,25,28,30-32,40H,2,8,11-13,15-20,22H2,1,3-7H3,(H,41,42). The second-order valence-corrected chi connectivity index (χ2v) is 16.7. The van der Waals surface area contributed by atoms with Crippen LogP contribution in [0, 0.1) is 56.7 Å².